The second-order valence-corrected chi connectivity index (χ2v) is 9.67. The maximum absolute atomic E-state index is 11.0. The van der Waals surface area contributed by atoms with Gasteiger partial charge < -0.3 is 20.8 Å². The Bertz CT molecular complexity index is 1180. The van der Waals surface area contributed by atoms with E-state index < -0.39 is 11.8 Å². The van der Waals surface area contributed by atoms with Crippen molar-refractivity contribution in [3.8, 4) is 10.6 Å². The molecule has 1 fully saturated rings. The third kappa shape index (κ3) is 3.99. The maximum Gasteiger partial charge on any atom is 0.225 e. The minimum absolute atomic E-state index is 0.443. The van der Waals surface area contributed by atoms with Crippen LogP contribution in [0.25, 0.3) is 20.8 Å². The molecule has 160 valence electrons. The number of nitrogens with zero attached hydrogens (tertiary/aromatic N) is 4. The van der Waals surface area contributed by atoms with Gasteiger partial charge in [-0.05, 0) is 43.7 Å². The summed E-state index contributed by atoms with van der Waals surface area (Å²) in [6, 6.07) is 5.97. The first-order valence-electron chi connectivity index (χ1n) is 10.1. The molecule has 0 bridgehead atoms. The summed E-state index contributed by atoms with van der Waals surface area (Å²) in [4.78, 5) is 19.3. The van der Waals surface area contributed by atoms with Crippen LogP contribution in [-0.4, -0.2) is 42.0 Å². The van der Waals surface area contributed by atoms with Crippen LogP contribution in [-0.2, 0) is 6.54 Å². The van der Waals surface area contributed by atoms with Crippen molar-refractivity contribution in [3.05, 3.63) is 46.5 Å². The Kier molecular flexibility index (Phi) is 5.30. The van der Waals surface area contributed by atoms with Gasteiger partial charge in [0.2, 0.25) is 5.95 Å². The highest BCUT2D eigenvalue weighted by molar-refractivity contribution is 7.21. The molecule has 31 heavy (non-hydrogen) atoms. The van der Waals surface area contributed by atoms with Crippen molar-refractivity contribution in [1.82, 2.24) is 19.9 Å². The van der Waals surface area contributed by atoms with Crippen LogP contribution in [0.2, 0.25) is 0 Å². The second-order valence-electron chi connectivity index (χ2n) is 7.61. The molecule has 1 aliphatic rings. The zero-order valence-electron chi connectivity index (χ0n) is 16.9. The molecule has 8 nitrogen and oxygen atoms in total. The largest absolute Gasteiger partial charge is 0.388 e. The molecule has 1 aliphatic carbocycles. The first-order valence-corrected chi connectivity index (χ1v) is 11.8. The molecule has 4 heterocycles. The summed E-state index contributed by atoms with van der Waals surface area (Å²) in [6.07, 6.45) is 4.32. The summed E-state index contributed by atoms with van der Waals surface area (Å²) < 4.78 is 1.01. The Morgan fingerprint density at radius 2 is 2.16 bits per heavy atom. The number of fused-ring (bicyclic) bond motifs is 1. The zero-order chi connectivity index (χ0) is 21.4. The summed E-state index contributed by atoms with van der Waals surface area (Å²) in [5, 5.41) is 30.5. The summed E-state index contributed by atoms with van der Waals surface area (Å²) in [7, 11) is 0. The second kappa shape index (κ2) is 8.12. The van der Waals surface area contributed by atoms with E-state index in [1.807, 2.05) is 30.5 Å². The molecule has 0 aromatic carbocycles. The van der Waals surface area contributed by atoms with Crippen molar-refractivity contribution in [1.29, 1.82) is 0 Å². The van der Waals surface area contributed by atoms with Crippen molar-refractivity contribution in [2.45, 2.75) is 44.6 Å². The summed E-state index contributed by atoms with van der Waals surface area (Å²) >= 11 is 3.18. The molecule has 4 aromatic heterocycles. The number of aryl methyl sites for hydroxylation is 1. The number of nitrogens with one attached hydrogen (secondary N) is 2. The minimum atomic E-state index is -1.43. The molecule has 0 aliphatic heterocycles. The zero-order valence-corrected chi connectivity index (χ0v) is 18.5. The molecule has 4 aromatic rings. The highest BCUT2D eigenvalue weighted by atomic mass is 32.1. The fourth-order valence-electron chi connectivity index (χ4n) is 3.79. The normalized spacial score (nSPS) is 20.9. The van der Waals surface area contributed by atoms with Crippen LogP contribution in [0.15, 0.2) is 36.0 Å². The number of rotatable bonds is 6. The number of hydrogen-bond acceptors (Lipinski definition) is 10. The SMILES string of the molecule is Cc1nc(NCc2cccs2)nc(N[C@@]2(O)CCC[C@H]2O)c1-c1nc2cnccc2s1. The number of aliphatic hydroxyl groups is 2. The van der Waals surface area contributed by atoms with E-state index in [1.54, 1.807) is 23.7 Å². The van der Waals surface area contributed by atoms with Gasteiger partial charge in [0.25, 0.3) is 0 Å². The lowest BCUT2D eigenvalue weighted by Crippen LogP contribution is -2.45. The number of pyridine rings is 1. The Morgan fingerprint density at radius 3 is 2.90 bits per heavy atom. The smallest absolute Gasteiger partial charge is 0.225 e. The van der Waals surface area contributed by atoms with Crippen LogP contribution in [0, 0.1) is 6.92 Å². The van der Waals surface area contributed by atoms with E-state index in [1.165, 1.54) is 16.2 Å². The van der Waals surface area contributed by atoms with Gasteiger partial charge in [0.05, 0.1) is 28.7 Å². The van der Waals surface area contributed by atoms with E-state index in [2.05, 4.69) is 25.6 Å². The average Bonchev–Trinajstić information content (AvgIpc) is 3.47. The lowest BCUT2D eigenvalue weighted by molar-refractivity contribution is -0.0310. The summed E-state index contributed by atoms with van der Waals surface area (Å²) in [5.74, 6) is 0.910. The van der Waals surface area contributed by atoms with Crippen LogP contribution in [0.4, 0.5) is 11.8 Å². The van der Waals surface area contributed by atoms with Crippen LogP contribution >= 0.6 is 22.7 Å². The third-order valence-electron chi connectivity index (χ3n) is 5.42. The van der Waals surface area contributed by atoms with Gasteiger partial charge in [-0.25, -0.2) is 9.97 Å². The highest BCUT2D eigenvalue weighted by Gasteiger charge is 2.41. The fourth-order valence-corrected chi connectivity index (χ4v) is 5.46. The van der Waals surface area contributed by atoms with Gasteiger partial charge in [0.15, 0.2) is 5.72 Å². The Morgan fingerprint density at radius 1 is 1.26 bits per heavy atom. The summed E-state index contributed by atoms with van der Waals surface area (Å²) in [5.41, 5.74) is 0.816. The predicted octanol–water partition coefficient (Wildman–Crippen LogP) is 3.78. The first kappa shape index (κ1) is 20.3. The fraction of sp³-hybridized carbons (Fsp3) is 0.333. The standard InChI is InChI=1S/C21H22N6O2S2/c1-12-17(19-25-14-11-22-8-6-15(14)31-19)18(27-21(29)7-2-5-16(21)28)26-20(24-12)23-10-13-4-3-9-30-13/h3-4,6,8-9,11,16,28-29H,2,5,7,10H2,1H3,(H2,23,24,26,27)/t16-,21-/m1/s1. The lowest BCUT2D eigenvalue weighted by atomic mass is 10.1. The maximum atomic E-state index is 11.0. The van der Waals surface area contributed by atoms with Crippen LogP contribution < -0.4 is 10.6 Å². The topological polar surface area (TPSA) is 116 Å². The minimum Gasteiger partial charge on any atom is -0.388 e. The number of hydrogen-bond donors (Lipinski definition) is 4. The van der Waals surface area contributed by atoms with E-state index in [-0.39, 0.29) is 0 Å². The molecule has 4 N–H and O–H groups in total. The molecule has 0 amide bonds. The molecule has 1 saturated carbocycles. The van der Waals surface area contributed by atoms with Crippen molar-refractivity contribution in [3.63, 3.8) is 0 Å². The number of aromatic nitrogens is 4. The number of thiazole rings is 1. The Balaban J connectivity index is 1.56. The molecule has 2 atom stereocenters. The van der Waals surface area contributed by atoms with E-state index >= 15 is 0 Å². The molecule has 10 heteroatoms. The quantitative estimate of drug-likeness (QED) is 0.325. The highest BCUT2D eigenvalue weighted by Crippen LogP contribution is 2.39. The van der Waals surface area contributed by atoms with E-state index in [9.17, 15) is 10.2 Å². The van der Waals surface area contributed by atoms with Crippen LogP contribution in [0.5, 0.6) is 0 Å². The van der Waals surface area contributed by atoms with Gasteiger partial charge in [-0.15, -0.1) is 22.7 Å². The van der Waals surface area contributed by atoms with E-state index in [4.69, 9.17) is 4.98 Å². The third-order valence-corrected chi connectivity index (χ3v) is 7.35. The molecule has 0 unspecified atom stereocenters. The molecular weight excluding hydrogens is 432 g/mol. The van der Waals surface area contributed by atoms with Crippen molar-refractivity contribution in [2.24, 2.45) is 0 Å². The molecule has 5 rings (SSSR count). The van der Waals surface area contributed by atoms with E-state index in [0.29, 0.717) is 31.2 Å². The molecule has 0 spiro atoms. The monoisotopic (exact) mass is 454 g/mol. The summed E-state index contributed by atoms with van der Waals surface area (Å²) in [6.45, 7) is 2.51. The lowest BCUT2D eigenvalue weighted by Gasteiger charge is -2.29. The number of anilines is 2. The average molecular weight is 455 g/mol. The van der Waals surface area contributed by atoms with Crippen LogP contribution in [0.3, 0.4) is 0 Å². The van der Waals surface area contributed by atoms with Gasteiger partial charge >= 0.3 is 0 Å². The number of thiophene rings is 1. The van der Waals surface area contributed by atoms with E-state index in [0.717, 1.165) is 32.9 Å². The molecule has 0 saturated heterocycles. The van der Waals surface area contributed by atoms with Gasteiger partial charge in [-0.2, -0.15) is 4.98 Å². The predicted molar refractivity (Wildman–Crippen MR) is 123 cm³/mol. The van der Waals surface area contributed by atoms with Crippen molar-refractivity contribution in [2.75, 3.05) is 10.6 Å². The van der Waals surface area contributed by atoms with Gasteiger partial charge in [-0.3, -0.25) is 4.98 Å². The number of aliphatic hydroxyl groups excluding tert-OH is 1. The van der Waals surface area contributed by atoms with Crippen molar-refractivity contribution < 1.29 is 10.2 Å². The van der Waals surface area contributed by atoms with Crippen LogP contribution in [0.1, 0.15) is 29.8 Å². The Labute approximate surface area is 187 Å². The molecule has 0 radical (unpaired) electrons. The first-order chi connectivity index (χ1) is 15.0. The van der Waals surface area contributed by atoms with Crippen molar-refractivity contribution >= 4 is 44.7 Å². The Hall–Kier alpha value is -2.66. The van der Waals surface area contributed by atoms with Gasteiger partial charge in [-0.1, -0.05) is 6.07 Å². The molecular formula is C21H22N6O2S2. The van der Waals surface area contributed by atoms with Gasteiger partial charge in [0, 0.05) is 11.1 Å². The van der Waals surface area contributed by atoms with Gasteiger partial charge in [0.1, 0.15) is 22.4 Å².